The van der Waals surface area contributed by atoms with Gasteiger partial charge in [-0.25, -0.2) is 23.1 Å². The van der Waals surface area contributed by atoms with E-state index in [-0.39, 0.29) is 22.4 Å². The molecule has 0 saturated carbocycles. The number of benzene rings is 2. The lowest BCUT2D eigenvalue weighted by Crippen LogP contribution is -2.17. The molecule has 1 heterocycles. The number of hydrogen-bond donors (Lipinski definition) is 3. The minimum absolute atomic E-state index is 0.0648. The second kappa shape index (κ2) is 7.19. The van der Waals surface area contributed by atoms with Crippen molar-refractivity contribution in [1.82, 2.24) is 9.97 Å². The SMILES string of the molecule is Nc1ccccc1S(=O)(=O)Nc1ncc(NC(=O)c2ccccc2)cn1. The summed E-state index contributed by atoms with van der Waals surface area (Å²) in [5, 5.41) is 2.63. The molecular weight excluding hydrogens is 354 g/mol. The summed E-state index contributed by atoms with van der Waals surface area (Å²) in [6, 6.07) is 14.7. The summed E-state index contributed by atoms with van der Waals surface area (Å²) in [6.07, 6.45) is 2.61. The number of nitrogens with two attached hydrogens (primary N) is 1. The Bertz CT molecular complexity index is 1020. The van der Waals surface area contributed by atoms with Crippen molar-refractivity contribution in [3.63, 3.8) is 0 Å². The van der Waals surface area contributed by atoms with Crippen LogP contribution in [0.5, 0.6) is 0 Å². The zero-order chi connectivity index (χ0) is 18.6. The van der Waals surface area contributed by atoms with E-state index in [2.05, 4.69) is 20.0 Å². The average Bonchev–Trinajstić information content (AvgIpc) is 2.64. The molecule has 0 unspecified atom stereocenters. The first kappa shape index (κ1) is 17.4. The molecule has 0 aliphatic carbocycles. The summed E-state index contributed by atoms with van der Waals surface area (Å²) in [5.41, 5.74) is 6.62. The molecule has 0 saturated heterocycles. The summed E-state index contributed by atoms with van der Waals surface area (Å²) >= 11 is 0. The first-order valence-corrected chi connectivity index (χ1v) is 9.00. The van der Waals surface area contributed by atoms with Crippen molar-refractivity contribution in [1.29, 1.82) is 0 Å². The maximum Gasteiger partial charge on any atom is 0.266 e. The number of sulfonamides is 1. The quantitative estimate of drug-likeness (QED) is 0.591. The van der Waals surface area contributed by atoms with Crippen molar-refractivity contribution in [2.24, 2.45) is 0 Å². The van der Waals surface area contributed by atoms with E-state index in [1.165, 1.54) is 24.5 Å². The van der Waals surface area contributed by atoms with E-state index in [9.17, 15) is 13.2 Å². The molecule has 0 spiro atoms. The Kier molecular flexibility index (Phi) is 4.81. The number of nitrogens with zero attached hydrogens (tertiary/aromatic N) is 2. The molecule has 1 aromatic heterocycles. The number of aromatic nitrogens is 2. The van der Waals surface area contributed by atoms with Gasteiger partial charge in [-0.15, -0.1) is 0 Å². The minimum atomic E-state index is -3.91. The molecule has 0 bridgehead atoms. The molecule has 9 heteroatoms. The molecule has 8 nitrogen and oxygen atoms in total. The largest absolute Gasteiger partial charge is 0.398 e. The predicted octanol–water partition coefficient (Wildman–Crippen LogP) is 2.11. The van der Waals surface area contributed by atoms with Gasteiger partial charge in [0, 0.05) is 5.56 Å². The Hall–Kier alpha value is -3.46. The van der Waals surface area contributed by atoms with Gasteiger partial charge >= 0.3 is 0 Å². The van der Waals surface area contributed by atoms with Crippen LogP contribution in [0.15, 0.2) is 71.9 Å². The van der Waals surface area contributed by atoms with Gasteiger partial charge in [-0.1, -0.05) is 30.3 Å². The summed E-state index contributed by atoms with van der Waals surface area (Å²) in [7, 11) is -3.91. The van der Waals surface area contributed by atoms with Crippen LogP contribution in [0.25, 0.3) is 0 Å². The summed E-state index contributed by atoms with van der Waals surface area (Å²) < 4.78 is 26.9. The summed E-state index contributed by atoms with van der Waals surface area (Å²) in [5.74, 6) is -0.453. The fraction of sp³-hybridized carbons (Fsp3) is 0. The molecule has 3 aromatic rings. The molecule has 4 N–H and O–H groups in total. The maximum atomic E-state index is 12.3. The van der Waals surface area contributed by atoms with E-state index in [0.717, 1.165) is 0 Å². The Balaban J connectivity index is 1.72. The van der Waals surface area contributed by atoms with Crippen molar-refractivity contribution < 1.29 is 13.2 Å². The van der Waals surface area contributed by atoms with Crippen molar-refractivity contribution in [2.45, 2.75) is 4.90 Å². The lowest BCUT2D eigenvalue weighted by Gasteiger charge is -2.09. The van der Waals surface area contributed by atoms with Gasteiger partial charge in [0.05, 0.1) is 23.8 Å². The highest BCUT2D eigenvalue weighted by Gasteiger charge is 2.18. The van der Waals surface area contributed by atoms with E-state index >= 15 is 0 Å². The first-order valence-electron chi connectivity index (χ1n) is 7.51. The zero-order valence-electron chi connectivity index (χ0n) is 13.5. The number of anilines is 3. The standard InChI is InChI=1S/C17H15N5O3S/c18-14-8-4-5-9-15(14)26(24,25)22-17-19-10-13(11-20-17)21-16(23)12-6-2-1-3-7-12/h1-11H,18H2,(H,21,23)(H,19,20,22). The molecule has 3 rings (SSSR count). The highest BCUT2D eigenvalue weighted by molar-refractivity contribution is 7.92. The highest BCUT2D eigenvalue weighted by atomic mass is 32.2. The number of carbonyl (C=O) groups excluding carboxylic acids is 1. The number of rotatable bonds is 5. The Morgan fingerprint density at radius 2 is 1.54 bits per heavy atom. The molecule has 26 heavy (non-hydrogen) atoms. The lowest BCUT2D eigenvalue weighted by molar-refractivity contribution is 0.102. The van der Waals surface area contributed by atoms with Crippen LogP contribution in [-0.2, 0) is 10.0 Å². The van der Waals surface area contributed by atoms with Crippen LogP contribution in [0.2, 0.25) is 0 Å². The maximum absolute atomic E-state index is 12.3. The smallest absolute Gasteiger partial charge is 0.266 e. The average molecular weight is 369 g/mol. The van der Waals surface area contributed by atoms with E-state index < -0.39 is 10.0 Å². The second-order valence-corrected chi connectivity index (χ2v) is 6.91. The number of para-hydroxylation sites is 1. The predicted molar refractivity (Wildman–Crippen MR) is 98.1 cm³/mol. The van der Waals surface area contributed by atoms with E-state index in [0.29, 0.717) is 11.3 Å². The van der Waals surface area contributed by atoms with Crippen LogP contribution >= 0.6 is 0 Å². The number of carbonyl (C=O) groups is 1. The lowest BCUT2D eigenvalue weighted by atomic mass is 10.2. The van der Waals surface area contributed by atoms with Crippen LogP contribution in [0.4, 0.5) is 17.3 Å². The Morgan fingerprint density at radius 1 is 0.923 bits per heavy atom. The van der Waals surface area contributed by atoms with Gasteiger partial charge in [0.1, 0.15) is 4.90 Å². The van der Waals surface area contributed by atoms with Gasteiger partial charge in [0.2, 0.25) is 5.95 Å². The van der Waals surface area contributed by atoms with Crippen molar-refractivity contribution >= 4 is 33.3 Å². The number of nitrogen functional groups attached to an aromatic ring is 1. The van der Waals surface area contributed by atoms with Gasteiger partial charge in [-0.3, -0.25) is 4.79 Å². The summed E-state index contributed by atoms with van der Waals surface area (Å²) in [6.45, 7) is 0. The first-order chi connectivity index (χ1) is 12.5. The van der Waals surface area contributed by atoms with E-state index in [1.807, 2.05) is 0 Å². The van der Waals surface area contributed by atoms with Crippen molar-refractivity contribution in [2.75, 3.05) is 15.8 Å². The molecule has 0 radical (unpaired) electrons. The minimum Gasteiger partial charge on any atom is -0.398 e. The monoisotopic (exact) mass is 369 g/mol. The van der Waals surface area contributed by atoms with E-state index in [4.69, 9.17) is 5.73 Å². The Morgan fingerprint density at radius 3 is 2.19 bits per heavy atom. The summed E-state index contributed by atoms with van der Waals surface area (Å²) in [4.78, 5) is 19.8. The third-order valence-electron chi connectivity index (χ3n) is 3.38. The van der Waals surface area contributed by atoms with Gasteiger partial charge in [0.15, 0.2) is 0 Å². The third-order valence-corrected chi connectivity index (χ3v) is 4.78. The van der Waals surface area contributed by atoms with Crippen LogP contribution < -0.4 is 15.8 Å². The topological polar surface area (TPSA) is 127 Å². The van der Waals surface area contributed by atoms with Gasteiger partial charge in [-0.05, 0) is 24.3 Å². The van der Waals surface area contributed by atoms with Crippen LogP contribution in [0, 0.1) is 0 Å². The molecule has 0 aliphatic heterocycles. The number of hydrogen-bond acceptors (Lipinski definition) is 6. The third kappa shape index (κ3) is 3.95. The molecular formula is C17H15N5O3S. The van der Waals surface area contributed by atoms with Crippen LogP contribution in [0.1, 0.15) is 10.4 Å². The zero-order valence-corrected chi connectivity index (χ0v) is 14.3. The number of nitrogens with one attached hydrogen (secondary N) is 2. The second-order valence-electron chi connectivity index (χ2n) is 5.26. The van der Waals surface area contributed by atoms with Crippen molar-refractivity contribution in [3.05, 3.63) is 72.6 Å². The molecule has 0 aliphatic rings. The fourth-order valence-electron chi connectivity index (χ4n) is 2.14. The fourth-order valence-corrected chi connectivity index (χ4v) is 3.23. The van der Waals surface area contributed by atoms with Gasteiger partial charge in [0.25, 0.3) is 15.9 Å². The van der Waals surface area contributed by atoms with Gasteiger partial charge < -0.3 is 11.1 Å². The normalized spacial score (nSPS) is 10.9. The molecule has 0 atom stereocenters. The number of amides is 1. The van der Waals surface area contributed by atoms with Crippen LogP contribution in [0.3, 0.4) is 0 Å². The molecule has 132 valence electrons. The highest BCUT2D eigenvalue weighted by Crippen LogP contribution is 2.19. The Labute approximate surface area is 150 Å². The van der Waals surface area contributed by atoms with E-state index in [1.54, 1.807) is 42.5 Å². The van der Waals surface area contributed by atoms with Crippen LogP contribution in [-0.4, -0.2) is 24.3 Å². The molecule has 0 fully saturated rings. The molecule has 1 amide bonds. The van der Waals surface area contributed by atoms with Crippen molar-refractivity contribution in [3.8, 4) is 0 Å². The van der Waals surface area contributed by atoms with Gasteiger partial charge in [-0.2, -0.15) is 0 Å². The molecule has 2 aromatic carbocycles.